The first-order valence-electron chi connectivity index (χ1n) is 19.8. The summed E-state index contributed by atoms with van der Waals surface area (Å²) in [5, 5.41) is 4.27. The maximum absolute atomic E-state index is 6.72. The zero-order valence-electron chi connectivity index (χ0n) is 32.0. The van der Waals surface area contributed by atoms with Crippen LogP contribution in [0.3, 0.4) is 0 Å². The highest BCUT2D eigenvalue weighted by atomic mass is 16.3. The quantitative estimate of drug-likeness (QED) is 0.163. The van der Waals surface area contributed by atoms with Crippen molar-refractivity contribution >= 4 is 32.7 Å². The van der Waals surface area contributed by atoms with Crippen LogP contribution in [0.5, 0.6) is 0 Å². The van der Waals surface area contributed by atoms with Gasteiger partial charge in [0, 0.05) is 33.0 Å². The fourth-order valence-corrected chi connectivity index (χ4v) is 8.22. The molecule has 0 aliphatic carbocycles. The van der Waals surface area contributed by atoms with Gasteiger partial charge < -0.3 is 4.42 Å². The molecule has 0 amide bonds. The number of hydrogen-bond acceptors (Lipinski definition) is 4. The van der Waals surface area contributed by atoms with E-state index in [0.717, 1.165) is 66.3 Å². The smallest absolute Gasteiger partial charge is 0.164 e. The minimum Gasteiger partial charge on any atom is -0.455 e. The first kappa shape index (κ1) is 34.3. The van der Waals surface area contributed by atoms with Crippen LogP contribution in [0.25, 0.3) is 111 Å². The van der Waals surface area contributed by atoms with Crippen LogP contribution in [0, 0.1) is 0 Å². The van der Waals surface area contributed by atoms with E-state index >= 15 is 0 Å². The summed E-state index contributed by atoms with van der Waals surface area (Å²) in [6.45, 7) is 0. The van der Waals surface area contributed by atoms with Crippen molar-refractivity contribution in [3.63, 3.8) is 0 Å². The van der Waals surface area contributed by atoms with E-state index in [4.69, 9.17) is 19.4 Å². The van der Waals surface area contributed by atoms with E-state index < -0.39 is 0 Å². The zero-order valence-corrected chi connectivity index (χ0v) is 32.0. The van der Waals surface area contributed by atoms with Crippen LogP contribution in [0.4, 0.5) is 0 Å². The first-order valence-corrected chi connectivity index (χ1v) is 19.8. The van der Waals surface area contributed by atoms with Crippen molar-refractivity contribution in [2.75, 3.05) is 0 Å². The number of para-hydroxylation sites is 1. The molecule has 0 aliphatic rings. The minimum absolute atomic E-state index is 0.584. The standard InChI is InChI=1S/C55H35N3O/c1-4-13-36(14-5-1)38-25-29-41(30-26-38)47-21-11-22-48-51-49(23-12-24-50(51)59-52(47)48)55-57-53(42-31-27-39(28-32-42)37-15-6-2-7-16-37)56-54(58-55)44-33-34-46-43(35-44)19-10-20-45(46)40-17-8-3-9-18-40/h1-35H. The van der Waals surface area contributed by atoms with Gasteiger partial charge in [0.25, 0.3) is 0 Å². The van der Waals surface area contributed by atoms with Gasteiger partial charge in [-0.25, -0.2) is 15.0 Å². The Morgan fingerprint density at radius 3 is 1.44 bits per heavy atom. The van der Waals surface area contributed by atoms with Crippen LogP contribution < -0.4 is 0 Å². The topological polar surface area (TPSA) is 51.8 Å². The molecule has 0 saturated heterocycles. The van der Waals surface area contributed by atoms with Crippen molar-refractivity contribution in [2.24, 2.45) is 0 Å². The summed E-state index contributed by atoms with van der Waals surface area (Å²) < 4.78 is 6.72. The van der Waals surface area contributed by atoms with Crippen LogP contribution in [0.2, 0.25) is 0 Å². The molecule has 0 saturated carbocycles. The Kier molecular flexibility index (Phi) is 8.45. The number of furan rings is 1. The number of hydrogen-bond donors (Lipinski definition) is 0. The van der Waals surface area contributed by atoms with Gasteiger partial charge in [-0.1, -0.05) is 200 Å². The Morgan fingerprint density at radius 1 is 0.288 bits per heavy atom. The first-order chi connectivity index (χ1) is 29.2. The Balaban J connectivity index is 1.06. The highest BCUT2D eigenvalue weighted by molar-refractivity contribution is 6.15. The molecule has 11 rings (SSSR count). The third kappa shape index (κ3) is 6.34. The molecule has 0 spiro atoms. The summed E-state index contributed by atoms with van der Waals surface area (Å²) in [6.07, 6.45) is 0. The van der Waals surface area contributed by atoms with E-state index in [1.54, 1.807) is 0 Å². The van der Waals surface area contributed by atoms with Crippen LogP contribution in [-0.4, -0.2) is 15.0 Å². The van der Waals surface area contributed by atoms with Gasteiger partial charge in [0.1, 0.15) is 11.2 Å². The lowest BCUT2D eigenvalue weighted by Gasteiger charge is -2.11. The van der Waals surface area contributed by atoms with E-state index in [1.807, 2.05) is 30.3 Å². The number of benzene rings is 9. The summed E-state index contributed by atoms with van der Waals surface area (Å²) in [6, 6.07) is 74.0. The molecule has 2 heterocycles. The second-order valence-corrected chi connectivity index (χ2v) is 14.8. The van der Waals surface area contributed by atoms with Crippen LogP contribution in [0.15, 0.2) is 217 Å². The lowest BCUT2D eigenvalue weighted by Crippen LogP contribution is -2.00. The molecule has 9 aromatic carbocycles. The van der Waals surface area contributed by atoms with E-state index in [1.165, 1.54) is 27.6 Å². The van der Waals surface area contributed by atoms with E-state index in [2.05, 4.69) is 182 Å². The summed E-state index contributed by atoms with van der Waals surface area (Å²) in [7, 11) is 0. The van der Waals surface area contributed by atoms with E-state index in [-0.39, 0.29) is 0 Å². The van der Waals surface area contributed by atoms with Gasteiger partial charge in [-0.2, -0.15) is 0 Å². The molecule has 0 N–H and O–H groups in total. The number of rotatable bonds is 7. The second-order valence-electron chi connectivity index (χ2n) is 14.8. The molecule has 0 bridgehead atoms. The molecule has 4 heteroatoms. The predicted molar refractivity (Wildman–Crippen MR) is 243 cm³/mol. The van der Waals surface area contributed by atoms with Crippen LogP contribution in [0.1, 0.15) is 0 Å². The average Bonchev–Trinajstić information content (AvgIpc) is 3.71. The highest BCUT2D eigenvalue weighted by Gasteiger charge is 2.20. The van der Waals surface area contributed by atoms with Gasteiger partial charge in [0.05, 0.1) is 0 Å². The van der Waals surface area contributed by atoms with Gasteiger partial charge in [-0.05, 0) is 61.8 Å². The zero-order chi connectivity index (χ0) is 39.1. The highest BCUT2D eigenvalue weighted by Crippen LogP contribution is 2.41. The molecule has 0 aliphatic heterocycles. The SMILES string of the molecule is c1ccc(-c2ccc(-c3nc(-c4ccc5c(-c6ccccc6)cccc5c4)nc(-c4cccc5oc6c(-c7ccc(-c8ccccc8)cc7)cccc6c45)n3)cc2)cc1. The third-order valence-corrected chi connectivity index (χ3v) is 11.2. The fourth-order valence-electron chi connectivity index (χ4n) is 8.22. The number of nitrogens with zero attached hydrogens (tertiary/aromatic N) is 3. The van der Waals surface area contributed by atoms with Crippen molar-refractivity contribution in [1.29, 1.82) is 0 Å². The number of aromatic nitrogens is 3. The molecule has 4 nitrogen and oxygen atoms in total. The molecule has 2 aromatic heterocycles. The lowest BCUT2D eigenvalue weighted by atomic mass is 9.97. The third-order valence-electron chi connectivity index (χ3n) is 11.2. The van der Waals surface area contributed by atoms with Crippen LogP contribution in [-0.2, 0) is 0 Å². The lowest BCUT2D eigenvalue weighted by molar-refractivity contribution is 0.670. The Morgan fingerprint density at radius 2 is 0.763 bits per heavy atom. The van der Waals surface area contributed by atoms with E-state index in [9.17, 15) is 0 Å². The second kappa shape index (κ2) is 14.5. The van der Waals surface area contributed by atoms with Gasteiger partial charge in [0.15, 0.2) is 17.5 Å². The number of fused-ring (bicyclic) bond motifs is 4. The summed E-state index contributed by atoms with van der Waals surface area (Å²) in [5.74, 6) is 1.79. The molecule has 0 unspecified atom stereocenters. The summed E-state index contributed by atoms with van der Waals surface area (Å²) in [5.41, 5.74) is 13.5. The Hall–Kier alpha value is -7.95. The summed E-state index contributed by atoms with van der Waals surface area (Å²) in [4.78, 5) is 15.6. The molecular formula is C55H35N3O. The Labute approximate surface area is 341 Å². The Bertz CT molecular complexity index is 3280. The maximum atomic E-state index is 6.72. The fraction of sp³-hybridized carbons (Fsp3) is 0. The van der Waals surface area contributed by atoms with Crippen molar-refractivity contribution in [1.82, 2.24) is 15.0 Å². The predicted octanol–water partition coefficient (Wildman–Crippen LogP) is 14.6. The molecule has 11 aromatic rings. The molecule has 59 heavy (non-hydrogen) atoms. The van der Waals surface area contributed by atoms with Crippen molar-refractivity contribution in [3.05, 3.63) is 212 Å². The largest absolute Gasteiger partial charge is 0.455 e. The molecule has 0 radical (unpaired) electrons. The van der Waals surface area contributed by atoms with Gasteiger partial charge >= 0.3 is 0 Å². The maximum Gasteiger partial charge on any atom is 0.164 e. The summed E-state index contributed by atoms with van der Waals surface area (Å²) >= 11 is 0. The van der Waals surface area contributed by atoms with E-state index in [0.29, 0.717) is 17.5 Å². The van der Waals surface area contributed by atoms with Crippen molar-refractivity contribution in [2.45, 2.75) is 0 Å². The normalized spacial score (nSPS) is 11.4. The molecular weight excluding hydrogens is 719 g/mol. The minimum atomic E-state index is 0.584. The average molecular weight is 754 g/mol. The van der Waals surface area contributed by atoms with Crippen molar-refractivity contribution in [3.8, 4) is 78.7 Å². The molecule has 0 fully saturated rings. The van der Waals surface area contributed by atoms with Gasteiger partial charge in [0.2, 0.25) is 0 Å². The molecule has 0 atom stereocenters. The van der Waals surface area contributed by atoms with Gasteiger partial charge in [-0.3, -0.25) is 0 Å². The van der Waals surface area contributed by atoms with Gasteiger partial charge in [-0.15, -0.1) is 0 Å². The molecule has 276 valence electrons. The van der Waals surface area contributed by atoms with Crippen LogP contribution >= 0.6 is 0 Å². The monoisotopic (exact) mass is 753 g/mol. The van der Waals surface area contributed by atoms with Crippen molar-refractivity contribution < 1.29 is 4.42 Å².